The van der Waals surface area contributed by atoms with Crippen LogP contribution < -0.4 is 10.1 Å². The number of anilines is 1. The monoisotopic (exact) mass is 327 g/mol. The Hall–Kier alpha value is -2.82. The second-order valence-corrected chi connectivity index (χ2v) is 5.58. The largest absolute Gasteiger partial charge is 0.482 e. The Labute approximate surface area is 141 Å². The molecule has 0 aliphatic rings. The van der Waals surface area contributed by atoms with Gasteiger partial charge in [0, 0.05) is 5.69 Å². The number of esters is 1. The van der Waals surface area contributed by atoms with Crippen molar-refractivity contribution in [2.24, 2.45) is 0 Å². The van der Waals surface area contributed by atoms with E-state index in [1.807, 2.05) is 51.1 Å². The first-order chi connectivity index (χ1) is 11.5. The van der Waals surface area contributed by atoms with Crippen molar-refractivity contribution in [2.75, 3.05) is 18.5 Å². The average Bonchev–Trinajstić information content (AvgIpc) is 2.56. The van der Waals surface area contributed by atoms with E-state index in [0.717, 1.165) is 22.4 Å². The molecule has 1 amide bonds. The molecule has 1 N–H and O–H groups in total. The summed E-state index contributed by atoms with van der Waals surface area (Å²) < 4.78 is 10.2. The van der Waals surface area contributed by atoms with Crippen LogP contribution >= 0.6 is 0 Å². The maximum absolute atomic E-state index is 11.9. The molecule has 5 heteroatoms. The van der Waals surface area contributed by atoms with E-state index < -0.39 is 5.97 Å². The third-order valence-electron chi connectivity index (χ3n) is 3.49. The molecular formula is C19H21NO4. The molecule has 0 atom stereocenters. The lowest BCUT2D eigenvalue weighted by Crippen LogP contribution is -2.24. The molecule has 0 bridgehead atoms. The number of hydrogen-bond donors (Lipinski definition) is 1. The summed E-state index contributed by atoms with van der Waals surface area (Å²) in [6, 6.07) is 13.1. The van der Waals surface area contributed by atoms with Crippen LogP contribution in [0.15, 0.2) is 42.5 Å². The number of aryl methyl sites for hydroxylation is 3. The first-order valence-electron chi connectivity index (χ1n) is 7.67. The van der Waals surface area contributed by atoms with Gasteiger partial charge in [-0.05, 0) is 44.0 Å². The van der Waals surface area contributed by atoms with Gasteiger partial charge in [-0.1, -0.05) is 35.9 Å². The maximum atomic E-state index is 11.9. The van der Waals surface area contributed by atoms with Gasteiger partial charge in [-0.25, -0.2) is 4.79 Å². The zero-order valence-corrected chi connectivity index (χ0v) is 14.1. The Morgan fingerprint density at radius 2 is 1.54 bits per heavy atom. The van der Waals surface area contributed by atoms with Crippen molar-refractivity contribution in [3.63, 3.8) is 0 Å². The van der Waals surface area contributed by atoms with Crippen molar-refractivity contribution in [1.29, 1.82) is 0 Å². The topological polar surface area (TPSA) is 64.6 Å². The predicted molar refractivity (Wildman–Crippen MR) is 92.2 cm³/mol. The van der Waals surface area contributed by atoms with Crippen LogP contribution in [-0.2, 0) is 14.3 Å². The van der Waals surface area contributed by atoms with Gasteiger partial charge in [0.1, 0.15) is 5.75 Å². The van der Waals surface area contributed by atoms with E-state index in [9.17, 15) is 9.59 Å². The molecule has 2 aromatic carbocycles. The number of ether oxygens (including phenoxy) is 2. The average molecular weight is 327 g/mol. The highest BCUT2D eigenvalue weighted by Crippen LogP contribution is 2.19. The molecule has 0 saturated heterocycles. The zero-order chi connectivity index (χ0) is 17.5. The summed E-state index contributed by atoms with van der Waals surface area (Å²) in [5, 5.41) is 2.76. The smallest absolute Gasteiger partial charge is 0.344 e. The molecule has 126 valence electrons. The fourth-order valence-corrected chi connectivity index (χ4v) is 2.15. The Balaban J connectivity index is 1.77. The number of benzene rings is 2. The standard InChI is InChI=1S/C19H21NO4/c1-13-7-9-16(10-8-13)23-12-18(22)24-11-17(21)20-19-14(2)5-4-6-15(19)3/h4-10H,11-12H2,1-3H3,(H,20,21). The Morgan fingerprint density at radius 1 is 0.917 bits per heavy atom. The number of nitrogens with one attached hydrogen (secondary N) is 1. The van der Waals surface area contributed by atoms with Crippen LogP contribution in [0.4, 0.5) is 5.69 Å². The van der Waals surface area contributed by atoms with Crippen molar-refractivity contribution in [3.05, 3.63) is 59.2 Å². The van der Waals surface area contributed by atoms with E-state index in [1.165, 1.54) is 0 Å². The molecule has 5 nitrogen and oxygen atoms in total. The Bertz CT molecular complexity index is 702. The third kappa shape index (κ3) is 5.12. The molecule has 2 rings (SSSR count). The van der Waals surface area contributed by atoms with Crippen molar-refractivity contribution < 1.29 is 19.1 Å². The lowest BCUT2D eigenvalue weighted by atomic mass is 10.1. The van der Waals surface area contributed by atoms with Crippen molar-refractivity contribution in [2.45, 2.75) is 20.8 Å². The number of para-hydroxylation sites is 1. The van der Waals surface area contributed by atoms with Crippen LogP contribution in [0.5, 0.6) is 5.75 Å². The van der Waals surface area contributed by atoms with E-state index in [0.29, 0.717) is 5.75 Å². The van der Waals surface area contributed by atoms with Crippen LogP contribution in [0, 0.1) is 20.8 Å². The molecule has 24 heavy (non-hydrogen) atoms. The molecule has 0 radical (unpaired) electrons. The van der Waals surface area contributed by atoms with Gasteiger partial charge in [0.05, 0.1) is 0 Å². The van der Waals surface area contributed by atoms with Crippen LogP contribution in [0.2, 0.25) is 0 Å². The van der Waals surface area contributed by atoms with Gasteiger partial charge in [0.25, 0.3) is 5.91 Å². The summed E-state index contributed by atoms with van der Waals surface area (Å²) >= 11 is 0. The van der Waals surface area contributed by atoms with Gasteiger partial charge in [-0.3, -0.25) is 4.79 Å². The lowest BCUT2D eigenvalue weighted by Gasteiger charge is -2.11. The van der Waals surface area contributed by atoms with Gasteiger partial charge in [0.15, 0.2) is 13.2 Å². The SMILES string of the molecule is Cc1ccc(OCC(=O)OCC(=O)Nc2c(C)cccc2C)cc1. The molecule has 0 aliphatic heterocycles. The highest BCUT2D eigenvalue weighted by Gasteiger charge is 2.11. The quantitative estimate of drug-likeness (QED) is 0.828. The van der Waals surface area contributed by atoms with E-state index in [2.05, 4.69) is 5.32 Å². The molecule has 0 aliphatic carbocycles. The van der Waals surface area contributed by atoms with Crippen LogP contribution in [0.25, 0.3) is 0 Å². The Morgan fingerprint density at radius 3 is 2.17 bits per heavy atom. The normalized spacial score (nSPS) is 10.1. The summed E-state index contributed by atoms with van der Waals surface area (Å²) in [4.78, 5) is 23.6. The molecule has 0 heterocycles. The molecule has 0 saturated carbocycles. The molecule has 2 aromatic rings. The summed E-state index contributed by atoms with van der Waals surface area (Å²) in [6.07, 6.45) is 0. The second kappa shape index (κ2) is 8.15. The van der Waals surface area contributed by atoms with Crippen molar-refractivity contribution in [3.8, 4) is 5.75 Å². The van der Waals surface area contributed by atoms with Crippen molar-refractivity contribution >= 4 is 17.6 Å². The second-order valence-electron chi connectivity index (χ2n) is 5.58. The van der Waals surface area contributed by atoms with Gasteiger partial charge >= 0.3 is 5.97 Å². The van der Waals surface area contributed by atoms with E-state index >= 15 is 0 Å². The minimum atomic E-state index is -0.591. The molecule has 0 unspecified atom stereocenters. The van der Waals surface area contributed by atoms with E-state index in [-0.39, 0.29) is 19.1 Å². The van der Waals surface area contributed by atoms with E-state index in [4.69, 9.17) is 9.47 Å². The van der Waals surface area contributed by atoms with Gasteiger partial charge in [-0.15, -0.1) is 0 Å². The van der Waals surface area contributed by atoms with Gasteiger partial charge in [0.2, 0.25) is 0 Å². The fourth-order valence-electron chi connectivity index (χ4n) is 2.15. The van der Waals surface area contributed by atoms with Crippen LogP contribution in [0.3, 0.4) is 0 Å². The van der Waals surface area contributed by atoms with Gasteiger partial charge < -0.3 is 14.8 Å². The summed E-state index contributed by atoms with van der Waals surface area (Å²) in [5.74, 6) is -0.388. The minimum absolute atomic E-state index is 0.236. The minimum Gasteiger partial charge on any atom is -0.482 e. The number of carbonyl (C=O) groups excluding carboxylic acids is 2. The molecule has 0 fully saturated rings. The zero-order valence-electron chi connectivity index (χ0n) is 14.1. The first-order valence-corrected chi connectivity index (χ1v) is 7.67. The Kier molecular flexibility index (Phi) is 5.95. The van der Waals surface area contributed by atoms with E-state index in [1.54, 1.807) is 12.1 Å². The van der Waals surface area contributed by atoms with Crippen LogP contribution in [-0.4, -0.2) is 25.1 Å². The third-order valence-corrected chi connectivity index (χ3v) is 3.49. The number of hydrogen-bond acceptors (Lipinski definition) is 4. The molecular weight excluding hydrogens is 306 g/mol. The lowest BCUT2D eigenvalue weighted by molar-refractivity contribution is -0.149. The van der Waals surface area contributed by atoms with Gasteiger partial charge in [-0.2, -0.15) is 0 Å². The number of carbonyl (C=O) groups is 2. The molecule has 0 aromatic heterocycles. The fraction of sp³-hybridized carbons (Fsp3) is 0.263. The highest BCUT2D eigenvalue weighted by molar-refractivity contribution is 5.94. The predicted octanol–water partition coefficient (Wildman–Crippen LogP) is 3.17. The summed E-state index contributed by atoms with van der Waals surface area (Å²) in [6.45, 7) is 5.20. The van der Waals surface area contributed by atoms with Crippen LogP contribution in [0.1, 0.15) is 16.7 Å². The molecule has 0 spiro atoms. The maximum Gasteiger partial charge on any atom is 0.344 e. The summed E-state index contributed by atoms with van der Waals surface area (Å²) in [7, 11) is 0. The number of amides is 1. The summed E-state index contributed by atoms with van der Waals surface area (Å²) in [5.41, 5.74) is 3.76. The number of rotatable bonds is 6. The first kappa shape index (κ1) is 17.5. The highest BCUT2D eigenvalue weighted by atomic mass is 16.6. The van der Waals surface area contributed by atoms with Crippen molar-refractivity contribution in [1.82, 2.24) is 0 Å².